The minimum atomic E-state index is -0.868. The standard InChI is InChI=1S/C17H20ClFN2O2/c1-10-5-3-6-11(2)17(10)15(22)21(16(23)20-17)9-12-13(18)7-4-8-14(12)19/h4,7-8,10-11H,3,5-6,9H2,1-2H3,(H,20,23). The second kappa shape index (κ2) is 5.78. The van der Waals surface area contributed by atoms with Gasteiger partial charge in [0.05, 0.1) is 6.54 Å². The summed E-state index contributed by atoms with van der Waals surface area (Å²) in [6, 6.07) is 3.87. The molecule has 6 heteroatoms. The molecule has 2 unspecified atom stereocenters. The molecule has 2 fully saturated rings. The van der Waals surface area contributed by atoms with E-state index in [4.69, 9.17) is 11.6 Å². The molecule has 1 saturated carbocycles. The fraction of sp³-hybridized carbons (Fsp3) is 0.529. The minimum Gasteiger partial charge on any atom is -0.323 e. The van der Waals surface area contributed by atoms with Gasteiger partial charge in [-0.15, -0.1) is 0 Å². The van der Waals surface area contributed by atoms with Crippen molar-refractivity contribution in [1.82, 2.24) is 10.2 Å². The van der Waals surface area contributed by atoms with Crippen LogP contribution in [0.25, 0.3) is 0 Å². The summed E-state index contributed by atoms with van der Waals surface area (Å²) in [5.74, 6) is -0.655. The van der Waals surface area contributed by atoms with Crippen LogP contribution in [-0.4, -0.2) is 22.4 Å². The predicted molar refractivity (Wildman–Crippen MR) is 85.4 cm³/mol. The number of halogens is 2. The van der Waals surface area contributed by atoms with E-state index in [-0.39, 0.29) is 34.9 Å². The number of rotatable bonds is 2. The summed E-state index contributed by atoms with van der Waals surface area (Å²) >= 11 is 6.03. The normalized spacial score (nSPS) is 30.9. The molecular weight excluding hydrogens is 319 g/mol. The molecule has 124 valence electrons. The molecule has 1 aliphatic heterocycles. The van der Waals surface area contributed by atoms with E-state index in [1.54, 1.807) is 6.07 Å². The van der Waals surface area contributed by atoms with Gasteiger partial charge < -0.3 is 5.32 Å². The van der Waals surface area contributed by atoms with Crippen LogP contribution in [0.4, 0.5) is 9.18 Å². The molecule has 0 bridgehead atoms. The Balaban J connectivity index is 1.93. The third-order valence-corrected chi connectivity index (χ3v) is 5.72. The van der Waals surface area contributed by atoms with Gasteiger partial charge in [0.2, 0.25) is 0 Å². The fourth-order valence-electron chi connectivity index (χ4n) is 3.94. The van der Waals surface area contributed by atoms with Crippen molar-refractivity contribution < 1.29 is 14.0 Å². The highest BCUT2D eigenvalue weighted by Gasteiger charge is 2.58. The minimum absolute atomic E-state index is 0.0591. The molecule has 1 saturated heterocycles. The monoisotopic (exact) mass is 338 g/mol. The van der Waals surface area contributed by atoms with Crippen molar-refractivity contribution in [3.63, 3.8) is 0 Å². The summed E-state index contributed by atoms with van der Waals surface area (Å²) in [6.45, 7) is 3.85. The van der Waals surface area contributed by atoms with Crippen LogP contribution in [-0.2, 0) is 11.3 Å². The molecule has 3 amide bonds. The van der Waals surface area contributed by atoms with Crippen molar-refractivity contribution in [3.05, 3.63) is 34.6 Å². The van der Waals surface area contributed by atoms with Crippen LogP contribution in [0, 0.1) is 17.7 Å². The van der Waals surface area contributed by atoms with E-state index < -0.39 is 17.4 Å². The van der Waals surface area contributed by atoms with Crippen LogP contribution in [0.2, 0.25) is 5.02 Å². The molecule has 1 aromatic rings. The van der Waals surface area contributed by atoms with Crippen molar-refractivity contribution in [3.8, 4) is 0 Å². The highest BCUT2D eigenvalue weighted by Crippen LogP contribution is 2.42. The van der Waals surface area contributed by atoms with Gasteiger partial charge >= 0.3 is 6.03 Å². The number of benzene rings is 1. The third kappa shape index (κ3) is 2.42. The Kier molecular flexibility index (Phi) is 4.08. The van der Waals surface area contributed by atoms with E-state index in [9.17, 15) is 14.0 Å². The maximum Gasteiger partial charge on any atom is 0.325 e. The van der Waals surface area contributed by atoms with Crippen LogP contribution in [0.15, 0.2) is 18.2 Å². The molecule has 4 nitrogen and oxygen atoms in total. The molecule has 0 radical (unpaired) electrons. The number of nitrogens with one attached hydrogen (secondary N) is 1. The van der Waals surface area contributed by atoms with E-state index in [0.717, 1.165) is 24.2 Å². The van der Waals surface area contributed by atoms with Gasteiger partial charge in [-0.1, -0.05) is 37.9 Å². The highest BCUT2D eigenvalue weighted by molar-refractivity contribution is 6.31. The zero-order valence-corrected chi connectivity index (χ0v) is 14.0. The van der Waals surface area contributed by atoms with E-state index in [1.807, 2.05) is 13.8 Å². The average molecular weight is 339 g/mol. The van der Waals surface area contributed by atoms with Gasteiger partial charge in [-0.2, -0.15) is 0 Å². The number of hydrogen-bond acceptors (Lipinski definition) is 2. The lowest BCUT2D eigenvalue weighted by atomic mass is 9.67. The molecule has 2 atom stereocenters. The van der Waals surface area contributed by atoms with E-state index >= 15 is 0 Å². The largest absolute Gasteiger partial charge is 0.325 e. The molecule has 1 spiro atoms. The van der Waals surface area contributed by atoms with Crippen molar-refractivity contribution in [1.29, 1.82) is 0 Å². The average Bonchev–Trinajstić information content (AvgIpc) is 2.74. The number of imide groups is 1. The first-order valence-electron chi connectivity index (χ1n) is 7.95. The Morgan fingerprint density at radius 2 is 1.96 bits per heavy atom. The Labute approximate surface area is 140 Å². The molecule has 0 aromatic heterocycles. The summed E-state index contributed by atoms with van der Waals surface area (Å²) in [6.07, 6.45) is 2.84. The van der Waals surface area contributed by atoms with E-state index in [2.05, 4.69) is 5.32 Å². The van der Waals surface area contributed by atoms with Gasteiger partial charge in [-0.3, -0.25) is 9.69 Å². The summed E-state index contributed by atoms with van der Waals surface area (Å²) in [5, 5.41) is 3.12. The summed E-state index contributed by atoms with van der Waals surface area (Å²) in [5.41, 5.74) is -0.696. The van der Waals surface area contributed by atoms with Gasteiger partial charge in [0.25, 0.3) is 5.91 Å². The molecule has 3 rings (SSSR count). The lowest BCUT2D eigenvalue weighted by Gasteiger charge is -2.42. The second-order valence-corrected chi connectivity index (χ2v) is 7.03. The molecule has 1 aromatic carbocycles. The summed E-state index contributed by atoms with van der Waals surface area (Å²) in [4.78, 5) is 26.5. The van der Waals surface area contributed by atoms with Crippen LogP contribution in [0.5, 0.6) is 0 Å². The highest BCUT2D eigenvalue weighted by atomic mass is 35.5. The Bertz CT molecular complexity index is 634. The first-order chi connectivity index (χ1) is 10.9. The summed E-state index contributed by atoms with van der Waals surface area (Å²) < 4.78 is 14.0. The smallest absolute Gasteiger partial charge is 0.323 e. The molecule has 1 N–H and O–H groups in total. The Morgan fingerprint density at radius 3 is 2.57 bits per heavy atom. The van der Waals surface area contributed by atoms with Crippen molar-refractivity contribution >= 4 is 23.5 Å². The van der Waals surface area contributed by atoms with Gasteiger partial charge in [0.1, 0.15) is 11.4 Å². The molecule has 1 heterocycles. The quantitative estimate of drug-likeness (QED) is 0.835. The molecule has 23 heavy (non-hydrogen) atoms. The zero-order chi connectivity index (χ0) is 16.8. The van der Waals surface area contributed by atoms with Crippen LogP contribution in [0.3, 0.4) is 0 Å². The van der Waals surface area contributed by atoms with Gasteiger partial charge in [-0.25, -0.2) is 9.18 Å². The SMILES string of the molecule is CC1CCCC(C)C12NC(=O)N(Cc1c(F)cccc1Cl)C2=O. The summed E-state index contributed by atoms with van der Waals surface area (Å²) in [7, 11) is 0. The van der Waals surface area contributed by atoms with Crippen LogP contribution >= 0.6 is 11.6 Å². The number of carbonyl (C=O) groups excluding carboxylic acids is 2. The number of amides is 3. The predicted octanol–water partition coefficient (Wildman–Crippen LogP) is 3.73. The number of hydrogen-bond donors (Lipinski definition) is 1. The first kappa shape index (κ1) is 16.2. The van der Waals surface area contributed by atoms with Crippen molar-refractivity contribution in [2.24, 2.45) is 11.8 Å². The number of nitrogens with zero attached hydrogens (tertiary/aromatic N) is 1. The maximum atomic E-state index is 14.0. The van der Waals surface area contributed by atoms with Crippen molar-refractivity contribution in [2.45, 2.75) is 45.2 Å². The topological polar surface area (TPSA) is 49.4 Å². The lowest BCUT2D eigenvalue weighted by Crippen LogP contribution is -2.58. The van der Waals surface area contributed by atoms with E-state index in [1.165, 1.54) is 12.1 Å². The Morgan fingerprint density at radius 1 is 1.30 bits per heavy atom. The lowest BCUT2D eigenvalue weighted by molar-refractivity contribution is -0.137. The second-order valence-electron chi connectivity index (χ2n) is 6.62. The van der Waals surface area contributed by atoms with Gasteiger partial charge in [0, 0.05) is 10.6 Å². The zero-order valence-electron chi connectivity index (χ0n) is 13.2. The van der Waals surface area contributed by atoms with E-state index in [0.29, 0.717) is 0 Å². The van der Waals surface area contributed by atoms with Crippen LogP contribution < -0.4 is 5.32 Å². The van der Waals surface area contributed by atoms with Gasteiger partial charge in [-0.05, 0) is 36.8 Å². The van der Waals surface area contributed by atoms with Gasteiger partial charge in [0.15, 0.2) is 0 Å². The Hall–Kier alpha value is -1.62. The fourth-order valence-corrected chi connectivity index (χ4v) is 4.16. The number of urea groups is 1. The first-order valence-corrected chi connectivity index (χ1v) is 8.32. The molecular formula is C17H20ClFN2O2. The molecule has 2 aliphatic rings. The van der Waals surface area contributed by atoms with Crippen LogP contribution in [0.1, 0.15) is 38.7 Å². The van der Waals surface area contributed by atoms with Crippen molar-refractivity contribution in [2.75, 3.05) is 0 Å². The maximum absolute atomic E-state index is 14.0. The third-order valence-electron chi connectivity index (χ3n) is 5.36. The number of carbonyl (C=O) groups is 2. The molecule has 1 aliphatic carbocycles.